The number of rotatable bonds is 4. The lowest BCUT2D eigenvalue weighted by Crippen LogP contribution is -2.17. The summed E-state index contributed by atoms with van der Waals surface area (Å²) in [4.78, 5) is 0. The van der Waals surface area contributed by atoms with Crippen LogP contribution in [0.5, 0.6) is 11.5 Å². The Morgan fingerprint density at radius 1 is 0.895 bits per heavy atom. The SMILES string of the molecule is COc1cc(CC(C)(C)C)ccc1OCC(C)(C)C. The van der Waals surface area contributed by atoms with Gasteiger partial charge in [-0.15, -0.1) is 0 Å². The van der Waals surface area contributed by atoms with Crippen molar-refractivity contribution in [2.45, 2.75) is 48.0 Å². The van der Waals surface area contributed by atoms with E-state index in [1.54, 1.807) is 7.11 Å². The summed E-state index contributed by atoms with van der Waals surface area (Å²) in [6.07, 6.45) is 1.03. The summed E-state index contributed by atoms with van der Waals surface area (Å²) in [5.74, 6) is 1.65. The average Bonchev–Trinajstić information content (AvgIpc) is 2.23. The molecule has 0 saturated carbocycles. The normalized spacial score (nSPS) is 12.4. The van der Waals surface area contributed by atoms with Crippen LogP contribution >= 0.6 is 0 Å². The Morgan fingerprint density at radius 2 is 1.53 bits per heavy atom. The van der Waals surface area contributed by atoms with Gasteiger partial charge >= 0.3 is 0 Å². The molecule has 0 bridgehead atoms. The predicted molar refractivity (Wildman–Crippen MR) is 81.1 cm³/mol. The van der Waals surface area contributed by atoms with Gasteiger partial charge in [-0.1, -0.05) is 47.6 Å². The minimum atomic E-state index is 0.148. The fourth-order valence-electron chi connectivity index (χ4n) is 1.85. The van der Waals surface area contributed by atoms with Crippen LogP contribution in [0.3, 0.4) is 0 Å². The maximum absolute atomic E-state index is 5.85. The van der Waals surface area contributed by atoms with Crippen molar-refractivity contribution >= 4 is 0 Å². The van der Waals surface area contributed by atoms with Crippen molar-refractivity contribution < 1.29 is 9.47 Å². The lowest BCUT2D eigenvalue weighted by Gasteiger charge is -2.22. The molecule has 19 heavy (non-hydrogen) atoms. The van der Waals surface area contributed by atoms with Crippen LogP contribution < -0.4 is 9.47 Å². The summed E-state index contributed by atoms with van der Waals surface area (Å²) in [5, 5.41) is 0. The molecule has 0 radical (unpaired) electrons. The Labute approximate surface area is 118 Å². The van der Waals surface area contributed by atoms with Crippen LogP contribution in [0, 0.1) is 10.8 Å². The fourth-order valence-corrected chi connectivity index (χ4v) is 1.85. The average molecular weight is 264 g/mol. The first-order valence-corrected chi connectivity index (χ1v) is 6.90. The molecule has 0 saturated heterocycles. The largest absolute Gasteiger partial charge is 0.493 e. The van der Waals surface area contributed by atoms with Gasteiger partial charge in [0, 0.05) is 0 Å². The number of benzene rings is 1. The Kier molecular flexibility index (Phi) is 4.89. The topological polar surface area (TPSA) is 18.5 Å². The van der Waals surface area contributed by atoms with E-state index in [0.29, 0.717) is 6.61 Å². The van der Waals surface area contributed by atoms with Gasteiger partial charge in [0.15, 0.2) is 11.5 Å². The summed E-state index contributed by atoms with van der Waals surface area (Å²) in [5.41, 5.74) is 1.71. The Bertz CT molecular complexity index is 408. The summed E-state index contributed by atoms with van der Waals surface area (Å²) in [6, 6.07) is 6.24. The molecule has 0 aliphatic heterocycles. The van der Waals surface area contributed by atoms with Crippen molar-refractivity contribution in [2.75, 3.05) is 13.7 Å². The van der Waals surface area contributed by atoms with Gasteiger partial charge in [0.05, 0.1) is 13.7 Å². The second kappa shape index (κ2) is 5.85. The first-order chi connectivity index (χ1) is 8.61. The van der Waals surface area contributed by atoms with E-state index in [9.17, 15) is 0 Å². The minimum absolute atomic E-state index is 0.148. The fraction of sp³-hybridized carbons (Fsp3) is 0.647. The van der Waals surface area contributed by atoms with Crippen molar-refractivity contribution in [3.8, 4) is 11.5 Å². The van der Waals surface area contributed by atoms with Gasteiger partial charge in [-0.25, -0.2) is 0 Å². The highest BCUT2D eigenvalue weighted by molar-refractivity contribution is 5.43. The van der Waals surface area contributed by atoms with Crippen LogP contribution in [0.1, 0.15) is 47.1 Å². The molecule has 2 heteroatoms. The van der Waals surface area contributed by atoms with E-state index < -0.39 is 0 Å². The predicted octanol–water partition coefficient (Wildman–Crippen LogP) is 4.71. The minimum Gasteiger partial charge on any atom is -0.493 e. The Morgan fingerprint density at radius 3 is 2.00 bits per heavy atom. The molecule has 0 fully saturated rings. The molecular weight excluding hydrogens is 236 g/mol. The van der Waals surface area contributed by atoms with Crippen LogP contribution in [0.25, 0.3) is 0 Å². The van der Waals surface area contributed by atoms with Gasteiger partial charge in [0.25, 0.3) is 0 Å². The van der Waals surface area contributed by atoms with Gasteiger partial charge in [-0.05, 0) is 34.9 Å². The standard InChI is InChI=1S/C17H28O2/c1-16(2,3)11-13-8-9-14(15(10-13)18-7)19-12-17(4,5)6/h8-10H,11-12H2,1-7H3. The molecule has 108 valence electrons. The summed E-state index contributed by atoms with van der Waals surface area (Å²) >= 11 is 0. The van der Waals surface area contributed by atoms with Crippen molar-refractivity contribution in [3.05, 3.63) is 23.8 Å². The van der Waals surface area contributed by atoms with E-state index in [4.69, 9.17) is 9.47 Å². The van der Waals surface area contributed by atoms with Gasteiger partial charge in [-0.3, -0.25) is 0 Å². The zero-order valence-electron chi connectivity index (χ0n) is 13.5. The molecule has 1 aromatic carbocycles. The molecule has 0 aliphatic carbocycles. The maximum atomic E-state index is 5.85. The first kappa shape index (κ1) is 15.9. The van der Waals surface area contributed by atoms with Crippen molar-refractivity contribution in [2.24, 2.45) is 10.8 Å². The number of ether oxygens (including phenoxy) is 2. The first-order valence-electron chi connectivity index (χ1n) is 6.90. The van der Waals surface area contributed by atoms with Crippen molar-refractivity contribution in [1.82, 2.24) is 0 Å². The lowest BCUT2D eigenvalue weighted by molar-refractivity contribution is 0.191. The van der Waals surface area contributed by atoms with Crippen molar-refractivity contribution in [3.63, 3.8) is 0 Å². The molecule has 0 unspecified atom stereocenters. The Balaban J connectivity index is 2.85. The van der Waals surface area contributed by atoms with E-state index in [-0.39, 0.29) is 10.8 Å². The molecule has 2 nitrogen and oxygen atoms in total. The van der Waals surface area contributed by atoms with Gasteiger partial charge in [0.2, 0.25) is 0 Å². The molecule has 0 atom stereocenters. The number of hydrogen-bond donors (Lipinski definition) is 0. The van der Waals surface area contributed by atoms with Crippen LogP contribution in [-0.2, 0) is 6.42 Å². The third kappa shape index (κ3) is 6.00. The van der Waals surface area contributed by atoms with Crippen LogP contribution in [0.15, 0.2) is 18.2 Å². The highest BCUT2D eigenvalue weighted by Gasteiger charge is 2.16. The second-order valence-electron chi connectivity index (χ2n) is 7.57. The van der Waals surface area contributed by atoms with Gasteiger partial charge in [-0.2, -0.15) is 0 Å². The molecule has 0 heterocycles. The lowest BCUT2D eigenvalue weighted by atomic mass is 9.88. The molecule has 1 aromatic rings. The molecule has 0 aromatic heterocycles. The van der Waals surface area contributed by atoms with E-state index >= 15 is 0 Å². The molecular formula is C17H28O2. The van der Waals surface area contributed by atoms with E-state index in [1.165, 1.54) is 5.56 Å². The summed E-state index contributed by atoms with van der Waals surface area (Å²) < 4.78 is 11.3. The zero-order chi connectivity index (χ0) is 14.7. The quantitative estimate of drug-likeness (QED) is 0.784. The third-order valence-corrected chi connectivity index (χ3v) is 2.62. The van der Waals surface area contributed by atoms with Crippen LogP contribution in [0.2, 0.25) is 0 Å². The van der Waals surface area contributed by atoms with Crippen molar-refractivity contribution in [1.29, 1.82) is 0 Å². The highest BCUT2D eigenvalue weighted by atomic mass is 16.5. The highest BCUT2D eigenvalue weighted by Crippen LogP contribution is 2.32. The van der Waals surface area contributed by atoms with E-state index in [2.05, 4.69) is 53.7 Å². The molecule has 1 rings (SSSR count). The number of methoxy groups -OCH3 is 1. The molecule has 0 spiro atoms. The Hall–Kier alpha value is -1.18. The smallest absolute Gasteiger partial charge is 0.161 e. The van der Waals surface area contributed by atoms with Crippen LogP contribution in [-0.4, -0.2) is 13.7 Å². The van der Waals surface area contributed by atoms with Crippen LogP contribution in [0.4, 0.5) is 0 Å². The second-order valence-corrected chi connectivity index (χ2v) is 7.57. The summed E-state index contributed by atoms with van der Waals surface area (Å²) in [6.45, 7) is 13.9. The van der Waals surface area contributed by atoms with E-state index in [1.807, 2.05) is 6.07 Å². The molecule has 0 amide bonds. The molecule has 0 aliphatic rings. The third-order valence-electron chi connectivity index (χ3n) is 2.62. The van der Waals surface area contributed by atoms with Gasteiger partial charge < -0.3 is 9.47 Å². The monoisotopic (exact) mass is 264 g/mol. The van der Waals surface area contributed by atoms with Gasteiger partial charge in [0.1, 0.15) is 0 Å². The maximum Gasteiger partial charge on any atom is 0.161 e. The summed E-state index contributed by atoms with van der Waals surface area (Å²) in [7, 11) is 1.69. The van der Waals surface area contributed by atoms with E-state index in [0.717, 1.165) is 17.9 Å². The zero-order valence-corrected chi connectivity index (χ0v) is 13.5. The number of hydrogen-bond acceptors (Lipinski definition) is 2. The molecule has 0 N–H and O–H groups in total.